The molecule has 1 saturated heterocycles. The molecule has 0 spiro atoms. The lowest BCUT2D eigenvalue weighted by atomic mass is 9.88. The second-order valence-electron chi connectivity index (χ2n) is 4.55. The van der Waals surface area contributed by atoms with Crippen molar-refractivity contribution in [3.63, 3.8) is 0 Å². The zero-order chi connectivity index (χ0) is 11.4. The minimum Gasteiger partial charge on any atom is -0.389 e. The van der Waals surface area contributed by atoms with Crippen LogP contribution in [-0.2, 0) is 6.42 Å². The van der Waals surface area contributed by atoms with Gasteiger partial charge < -0.3 is 16.2 Å². The van der Waals surface area contributed by atoms with Crippen LogP contribution in [0.15, 0.2) is 18.3 Å². The molecule has 2 heterocycles. The molecular formula is C12H19N3O. The van der Waals surface area contributed by atoms with Gasteiger partial charge >= 0.3 is 0 Å². The van der Waals surface area contributed by atoms with Crippen molar-refractivity contribution in [2.24, 2.45) is 0 Å². The molecule has 88 valence electrons. The first-order valence-electron chi connectivity index (χ1n) is 5.82. The fourth-order valence-corrected chi connectivity index (χ4v) is 2.25. The minimum atomic E-state index is -0.624. The number of nitrogens with two attached hydrogens (primary N) is 1. The van der Waals surface area contributed by atoms with Crippen LogP contribution in [0, 0.1) is 0 Å². The van der Waals surface area contributed by atoms with Crippen molar-refractivity contribution < 1.29 is 5.11 Å². The molecule has 0 radical (unpaired) electrons. The van der Waals surface area contributed by atoms with Gasteiger partial charge in [-0.25, -0.2) is 4.98 Å². The number of aliphatic hydroxyl groups is 1. The van der Waals surface area contributed by atoms with Gasteiger partial charge in [-0.2, -0.15) is 0 Å². The number of hydrogen-bond donors (Lipinski definition) is 3. The van der Waals surface area contributed by atoms with Gasteiger partial charge in [-0.3, -0.25) is 0 Å². The summed E-state index contributed by atoms with van der Waals surface area (Å²) in [6.45, 7) is 1.86. The van der Waals surface area contributed by atoms with Crippen LogP contribution < -0.4 is 11.1 Å². The quantitative estimate of drug-likeness (QED) is 0.688. The monoisotopic (exact) mass is 221 g/mol. The zero-order valence-corrected chi connectivity index (χ0v) is 9.45. The molecule has 0 saturated carbocycles. The Morgan fingerprint density at radius 2 is 2.31 bits per heavy atom. The van der Waals surface area contributed by atoms with E-state index in [1.165, 1.54) is 0 Å². The van der Waals surface area contributed by atoms with Crippen LogP contribution in [0.5, 0.6) is 0 Å². The highest BCUT2D eigenvalue weighted by atomic mass is 16.3. The molecule has 1 aliphatic heterocycles. The van der Waals surface area contributed by atoms with Crippen molar-refractivity contribution in [3.8, 4) is 0 Å². The van der Waals surface area contributed by atoms with Crippen LogP contribution in [0.4, 0.5) is 5.82 Å². The molecule has 1 unspecified atom stereocenters. The fraction of sp³-hybridized carbons (Fsp3) is 0.583. The van der Waals surface area contributed by atoms with Gasteiger partial charge in [0.1, 0.15) is 5.82 Å². The lowest BCUT2D eigenvalue weighted by Gasteiger charge is -2.26. The van der Waals surface area contributed by atoms with E-state index in [2.05, 4.69) is 10.3 Å². The summed E-state index contributed by atoms with van der Waals surface area (Å²) in [4.78, 5) is 4.05. The van der Waals surface area contributed by atoms with Crippen molar-refractivity contribution in [2.45, 2.75) is 31.3 Å². The highest BCUT2D eigenvalue weighted by Gasteiger charge is 2.28. The van der Waals surface area contributed by atoms with E-state index in [0.717, 1.165) is 37.9 Å². The van der Waals surface area contributed by atoms with E-state index in [1.807, 2.05) is 12.1 Å². The summed E-state index contributed by atoms with van der Waals surface area (Å²) in [6, 6.07) is 3.81. The van der Waals surface area contributed by atoms with Crippen LogP contribution in [0.2, 0.25) is 0 Å². The summed E-state index contributed by atoms with van der Waals surface area (Å²) >= 11 is 0. The third-order valence-electron chi connectivity index (χ3n) is 3.21. The maximum absolute atomic E-state index is 10.5. The Bertz CT molecular complexity index is 346. The predicted octanol–water partition coefficient (Wildman–Crippen LogP) is 0.711. The van der Waals surface area contributed by atoms with Crippen molar-refractivity contribution >= 4 is 5.82 Å². The number of nitrogens with zero attached hydrogens (tertiary/aromatic N) is 1. The Balaban J connectivity index is 2.10. The first kappa shape index (κ1) is 11.4. The molecule has 4 nitrogen and oxygen atoms in total. The second kappa shape index (κ2) is 4.80. The number of nitrogen functional groups attached to an aromatic ring is 1. The van der Waals surface area contributed by atoms with Crippen molar-refractivity contribution in [3.05, 3.63) is 23.9 Å². The summed E-state index contributed by atoms with van der Waals surface area (Å²) < 4.78 is 0. The molecule has 4 N–H and O–H groups in total. The van der Waals surface area contributed by atoms with Gasteiger partial charge in [0.25, 0.3) is 0 Å². The van der Waals surface area contributed by atoms with Crippen LogP contribution >= 0.6 is 0 Å². The van der Waals surface area contributed by atoms with Gasteiger partial charge in [-0.15, -0.1) is 0 Å². The summed E-state index contributed by atoms with van der Waals surface area (Å²) in [5.41, 5.74) is 6.12. The van der Waals surface area contributed by atoms with E-state index in [1.54, 1.807) is 6.20 Å². The van der Waals surface area contributed by atoms with Crippen molar-refractivity contribution in [1.29, 1.82) is 0 Å². The van der Waals surface area contributed by atoms with Crippen molar-refractivity contribution in [2.75, 3.05) is 18.8 Å². The minimum absolute atomic E-state index is 0.535. The number of hydrogen-bond acceptors (Lipinski definition) is 4. The van der Waals surface area contributed by atoms with E-state index in [9.17, 15) is 5.11 Å². The molecule has 4 heteroatoms. The van der Waals surface area contributed by atoms with Gasteiger partial charge in [-0.05, 0) is 44.0 Å². The van der Waals surface area contributed by atoms with Crippen molar-refractivity contribution in [1.82, 2.24) is 10.3 Å². The van der Waals surface area contributed by atoms with E-state index in [0.29, 0.717) is 12.2 Å². The largest absolute Gasteiger partial charge is 0.389 e. The van der Waals surface area contributed by atoms with E-state index >= 15 is 0 Å². The first-order valence-corrected chi connectivity index (χ1v) is 5.82. The summed E-state index contributed by atoms with van der Waals surface area (Å²) in [7, 11) is 0. The Morgan fingerprint density at radius 1 is 1.44 bits per heavy atom. The average Bonchev–Trinajstić information content (AvgIpc) is 2.47. The van der Waals surface area contributed by atoms with E-state index in [4.69, 9.17) is 5.73 Å². The number of nitrogens with one attached hydrogen (secondary N) is 1. The number of rotatable bonds is 2. The summed E-state index contributed by atoms with van der Waals surface area (Å²) in [5.74, 6) is 0.535. The molecular weight excluding hydrogens is 202 g/mol. The standard InChI is InChI=1S/C12H19N3O/c13-11-10(3-1-7-15-11)9-12(16)4-2-6-14-8-5-12/h1,3,7,14,16H,2,4-6,8-9H2,(H2,13,15). The Hall–Kier alpha value is -1.13. The molecule has 0 bridgehead atoms. The molecule has 1 aromatic heterocycles. The van der Waals surface area contributed by atoms with Gasteiger partial charge in [0.15, 0.2) is 0 Å². The highest BCUT2D eigenvalue weighted by molar-refractivity contribution is 5.39. The second-order valence-corrected chi connectivity index (χ2v) is 4.55. The third kappa shape index (κ3) is 2.71. The normalized spacial score (nSPS) is 26.3. The van der Waals surface area contributed by atoms with E-state index in [-0.39, 0.29) is 0 Å². The topological polar surface area (TPSA) is 71.2 Å². The Labute approximate surface area is 95.9 Å². The first-order chi connectivity index (χ1) is 7.70. The molecule has 1 aliphatic rings. The Kier molecular flexibility index (Phi) is 3.41. The molecule has 0 aliphatic carbocycles. The van der Waals surface area contributed by atoms with Gasteiger partial charge in [0.2, 0.25) is 0 Å². The molecule has 16 heavy (non-hydrogen) atoms. The predicted molar refractivity (Wildman–Crippen MR) is 64.0 cm³/mol. The number of anilines is 1. The maximum Gasteiger partial charge on any atom is 0.126 e. The molecule has 0 aromatic carbocycles. The summed E-state index contributed by atoms with van der Waals surface area (Å²) in [5, 5.41) is 13.8. The molecule has 0 amide bonds. The van der Waals surface area contributed by atoms with Crippen LogP contribution in [0.25, 0.3) is 0 Å². The van der Waals surface area contributed by atoms with Crippen LogP contribution in [0.1, 0.15) is 24.8 Å². The van der Waals surface area contributed by atoms with Crippen LogP contribution in [0.3, 0.4) is 0 Å². The van der Waals surface area contributed by atoms with Gasteiger partial charge in [-0.1, -0.05) is 6.07 Å². The third-order valence-corrected chi connectivity index (χ3v) is 3.21. The average molecular weight is 221 g/mol. The highest BCUT2D eigenvalue weighted by Crippen LogP contribution is 2.25. The molecule has 1 fully saturated rings. The molecule has 2 rings (SSSR count). The smallest absolute Gasteiger partial charge is 0.126 e. The number of aromatic nitrogens is 1. The fourth-order valence-electron chi connectivity index (χ4n) is 2.25. The summed E-state index contributed by atoms with van der Waals surface area (Å²) in [6.07, 6.45) is 4.90. The van der Waals surface area contributed by atoms with Gasteiger partial charge in [0, 0.05) is 12.6 Å². The zero-order valence-electron chi connectivity index (χ0n) is 9.45. The number of pyridine rings is 1. The molecule has 1 atom stereocenters. The lowest BCUT2D eigenvalue weighted by molar-refractivity contribution is 0.0285. The van der Waals surface area contributed by atoms with E-state index < -0.39 is 5.60 Å². The SMILES string of the molecule is Nc1ncccc1CC1(O)CCCNCC1. The van der Waals surface area contributed by atoms with Gasteiger partial charge in [0.05, 0.1) is 5.60 Å². The molecule has 1 aromatic rings. The Morgan fingerprint density at radius 3 is 3.12 bits per heavy atom. The maximum atomic E-state index is 10.5. The lowest BCUT2D eigenvalue weighted by Crippen LogP contribution is -2.32. The van der Waals surface area contributed by atoms with Crippen LogP contribution in [-0.4, -0.2) is 28.8 Å².